The van der Waals surface area contributed by atoms with Gasteiger partial charge in [-0.3, -0.25) is 14.6 Å². The SMILES string of the molecule is COc1ccc(NC(=O)CSc2nnc(C)c(=O)[nH]2)cc1Cl. The zero-order valence-corrected chi connectivity index (χ0v) is 13.4. The number of carbonyl (C=O) groups is 1. The number of rotatable bonds is 5. The zero-order chi connectivity index (χ0) is 16.1. The van der Waals surface area contributed by atoms with E-state index in [0.29, 0.717) is 21.6 Å². The van der Waals surface area contributed by atoms with Gasteiger partial charge in [0.05, 0.1) is 17.9 Å². The first kappa shape index (κ1) is 16.3. The topological polar surface area (TPSA) is 97.0 Å². The van der Waals surface area contributed by atoms with E-state index in [1.807, 2.05) is 0 Å². The molecule has 2 rings (SSSR count). The van der Waals surface area contributed by atoms with Crippen molar-refractivity contribution in [3.63, 3.8) is 0 Å². The molecule has 1 aromatic carbocycles. The van der Waals surface area contributed by atoms with Crippen LogP contribution in [0.15, 0.2) is 28.2 Å². The van der Waals surface area contributed by atoms with Crippen LogP contribution in [0.5, 0.6) is 5.75 Å². The minimum Gasteiger partial charge on any atom is -0.495 e. The Morgan fingerprint density at radius 2 is 2.23 bits per heavy atom. The molecule has 2 aromatic rings. The number of aromatic amines is 1. The number of benzene rings is 1. The molecule has 0 bridgehead atoms. The van der Waals surface area contributed by atoms with E-state index in [-0.39, 0.29) is 22.9 Å². The number of hydrogen-bond acceptors (Lipinski definition) is 6. The Bertz CT molecular complexity index is 750. The van der Waals surface area contributed by atoms with Crippen molar-refractivity contribution < 1.29 is 9.53 Å². The number of methoxy groups -OCH3 is 1. The fourth-order valence-electron chi connectivity index (χ4n) is 1.52. The Morgan fingerprint density at radius 3 is 2.86 bits per heavy atom. The summed E-state index contributed by atoms with van der Waals surface area (Å²) >= 11 is 7.06. The van der Waals surface area contributed by atoms with Crippen LogP contribution in [0.2, 0.25) is 5.02 Å². The fourth-order valence-corrected chi connectivity index (χ4v) is 2.38. The van der Waals surface area contributed by atoms with Crippen LogP contribution in [0, 0.1) is 6.92 Å². The molecule has 9 heteroatoms. The number of nitrogens with one attached hydrogen (secondary N) is 2. The quantitative estimate of drug-likeness (QED) is 0.806. The zero-order valence-electron chi connectivity index (χ0n) is 11.8. The van der Waals surface area contributed by atoms with E-state index < -0.39 is 0 Å². The summed E-state index contributed by atoms with van der Waals surface area (Å²) in [6.45, 7) is 1.56. The lowest BCUT2D eigenvalue weighted by molar-refractivity contribution is -0.113. The lowest BCUT2D eigenvalue weighted by Gasteiger charge is -2.07. The number of hydrogen-bond donors (Lipinski definition) is 2. The monoisotopic (exact) mass is 340 g/mol. The van der Waals surface area contributed by atoms with Gasteiger partial charge in [-0.1, -0.05) is 23.4 Å². The number of aryl methyl sites for hydroxylation is 1. The highest BCUT2D eigenvalue weighted by Crippen LogP contribution is 2.27. The second-order valence-corrected chi connectivity index (χ2v) is 5.60. The second kappa shape index (κ2) is 7.28. The molecule has 1 heterocycles. The molecule has 0 saturated carbocycles. The lowest BCUT2D eigenvalue weighted by atomic mass is 10.3. The van der Waals surface area contributed by atoms with Crippen LogP contribution in [-0.2, 0) is 4.79 Å². The third-order valence-electron chi connectivity index (χ3n) is 2.62. The van der Waals surface area contributed by atoms with Gasteiger partial charge in [0.25, 0.3) is 5.56 Å². The first-order chi connectivity index (χ1) is 10.5. The summed E-state index contributed by atoms with van der Waals surface area (Å²) in [5.74, 6) is 0.355. The van der Waals surface area contributed by atoms with Crippen LogP contribution in [0.4, 0.5) is 5.69 Å². The molecule has 0 aliphatic heterocycles. The molecule has 2 N–H and O–H groups in total. The number of thioether (sulfide) groups is 1. The summed E-state index contributed by atoms with van der Waals surface area (Å²) in [6.07, 6.45) is 0. The number of carbonyl (C=O) groups excluding carboxylic acids is 1. The third kappa shape index (κ3) is 4.22. The standard InChI is InChI=1S/C13H13ClN4O3S/c1-7-12(20)16-13(18-17-7)22-6-11(19)15-8-3-4-10(21-2)9(14)5-8/h3-5H,6H2,1-2H3,(H,15,19)(H,16,18,20). The second-order valence-electron chi connectivity index (χ2n) is 4.23. The summed E-state index contributed by atoms with van der Waals surface area (Å²) in [5.41, 5.74) is 0.515. The van der Waals surface area contributed by atoms with Gasteiger partial charge in [0.2, 0.25) is 5.91 Å². The van der Waals surface area contributed by atoms with Gasteiger partial charge in [0, 0.05) is 5.69 Å². The first-order valence-corrected chi connectivity index (χ1v) is 7.55. The summed E-state index contributed by atoms with van der Waals surface area (Å²) in [4.78, 5) is 25.8. The van der Waals surface area contributed by atoms with Crippen molar-refractivity contribution in [2.45, 2.75) is 12.1 Å². The minimum atomic E-state index is -0.320. The molecule has 0 aliphatic rings. The number of nitrogens with zero attached hydrogens (tertiary/aromatic N) is 2. The van der Waals surface area contributed by atoms with Crippen molar-refractivity contribution in [2.75, 3.05) is 18.2 Å². The van der Waals surface area contributed by atoms with Crippen LogP contribution in [0.3, 0.4) is 0 Å². The summed E-state index contributed by atoms with van der Waals surface area (Å²) < 4.78 is 5.03. The number of aromatic nitrogens is 3. The predicted molar refractivity (Wildman–Crippen MR) is 84.7 cm³/mol. The highest BCUT2D eigenvalue weighted by Gasteiger charge is 2.08. The van der Waals surface area contributed by atoms with Crippen LogP contribution >= 0.6 is 23.4 Å². The third-order valence-corrected chi connectivity index (χ3v) is 3.77. The molecule has 7 nitrogen and oxygen atoms in total. The lowest BCUT2D eigenvalue weighted by Crippen LogP contribution is -2.17. The molecule has 116 valence electrons. The van der Waals surface area contributed by atoms with Gasteiger partial charge in [0.15, 0.2) is 5.16 Å². The maximum atomic E-state index is 11.9. The summed E-state index contributed by atoms with van der Waals surface area (Å²) in [5, 5.41) is 10.9. The molecular formula is C13H13ClN4O3S. The first-order valence-electron chi connectivity index (χ1n) is 6.19. The molecule has 1 aromatic heterocycles. The van der Waals surface area contributed by atoms with Gasteiger partial charge in [-0.2, -0.15) is 0 Å². The van der Waals surface area contributed by atoms with Crippen molar-refractivity contribution in [3.8, 4) is 5.75 Å². The molecule has 22 heavy (non-hydrogen) atoms. The van der Waals surface area contributed by atoms with Gasteiger partial charge in [-0.15, -0.1) is 10.2 Å². The maximum Gasteiger partial charge on any atom is 0.273 e. The van der Waals surface area contributed by atoms with Crippen LogP contribution in [-0.4, -0.2) is 34.0 Å². The summed E-state index contributed by atoms with van der Waals surface area (Å²) in [6, 6.07) is 4.94. The van der Waals surface area contributed by atoms with Crippen LogP contribution in [0.25, 0.3) is 0 Å². The molecule has 1 amide bonds. The van der Waals surface area contributed by atoms with E-state index in [1.54, 1.807) is 25.1 Å². The van der Waals surface area contributed by atoms with Gasteiger partial charge in [-0.05, 0) is 25.1 Å². The fraction of sp³-hybridized carbons (Fsp3) is 0.231. The number of amides is 1. The number of anilines is 1. The number of ether oxygens (including phenoxy) is 1. The minimum absolute atomic E-state index is 0.0807. The molecule has 0 spiro atoms. The molecule has 0 unspecified atom stereocenters. The van der Waals surface area contributed by atoms with E-state index in [9.17, 15) is 9.59 Å². The maximum absolute atomic E-state index is 11.9. The number of halogens is 1. The van der Waals surface area contributed by atoms with Gasteiger partial charge in [0.1, 0.15) is 11.4 Å². The van der Waals surface area contributed by atoms with Gasteiger partial charge >= 0.3 is 0 Å². The number of H-pyrrole nitrogens is 1. The van der Waals surface area contributed by atoms with Gasteiger partial charge in [-0.25, -0.2) is 0 Å². The average Bonchev–Trinajstić information content (AvgIpc) is 2.49. The largest absolute Gasteiger partial charge is 0.495 e. The molecule has 0 atom stereocenters. The van der Waals surface area contributed by atoms with Crippen molar-refractivity contribution >= 4 is 35.0 Å². The molecule has 0 aliphatic carbocycles. The van der Waals surface area contributed by atoms with Crippen molar-refractivity contribution in [3.05, 3.63) is 39.3 Å². The van der Waals surface area contributed by atoms with E-state index in [0.717, 1.165) is 11.8 Å². The highest BCUT2D eigenvalue weighted by atomic mass is 35.5. The Kier molecular flexibility index (Phi) is 5.40. The van der Waals surface area contributed by atoms with E-state index in [4.69, 9.17) is 16.3 Å². The summed E-state index contributed by atoms with van der Waals surface area (Å²) in [7, 11) is 1.51. The smallest absolute Gasteiger partial charge is 0.273 e. The van der Waals surface area contributed by atoms with Crippen molar-refractivity contribution in [1.82, 2.24) is 15.2 Å². The molecule has 0 radical (unpaired) electrons. The Balaban J connectivity index is 1.94. The van der Waals surface area contributed by atoms with E-state index >= 15 is 0 Å². The van der Waals surface area contributed by atoms with E-state index in [2.05, 4.69) is 20.5 Å². The van der Waals surface area contributed by atoms with Crippen molar-refractivity contribution in [2.24, 2.45) is 0 Å². The van der Waals surface area contributed by atoms with Gasteiger partial charge < -0.3 is 10.1 Å². The molecule has 0 fully saturated rings. The van der Waals surface area contributed by atoms with E-state index in [1.165, 1.54) is 7.11 Å². The normalized spacial score (nSPS) is 10.3. The Hall–Kier alpha value is -2.06. The predicted octanol–water partition coefficient (Wildman–Crippen LogP) is 1.87. The Labute approximate surface area is 135 Å². The Morgan fingerprint density at radius 1 is 1.45 bits per heavy atom. The van der Waals surface area contributed by atoms with Crippen molar-refractivity contribution in [1.29, 1.82) is 0 Å². The molecular weight excluding hydrogens is 328 g/mol. The highest BCUT2D eigenvalue weighted by molar-refractivity contribution is 7.99. The van der Waals surface area contributed by atoms with Crippen LogP contribution in [0.1, 0.15) is 5.69 Å². The molecule has 0 saturated heterocycles. The average molecular weight is 341 g/mol. The van der Waals surface area contributed by atoms with Crippen LogP contribution < -0.4 is 15.6 Å².